The Morgan fingerprint density at radius 2 is 1.84 bits per heavy atom. The van der Waals surface area contributed by atoms with Crippen LogP contribution in [0.3, 0.4) is 0 Å². The Bertz CT molecular complexity index is 660. The quantitative estimate of drug-likeness (QED) is 0.664. The second-order valence-corrected chi connectivity index (χ2v) is 6.20. The predicted octanol–water partition coefficient (Wildman–Crippen LogP) is 1.87. The molecule has 0 aromatic heterocycles. The topological polar surface area (TPSA) is 95.5 Å². The Balaban J connectivity index is 1.88. The normalized spacial score (nSPS) is 19.5. The number of carboxylic acids is 1. The molecular weight excluding hydrogens is 334 g/mol. The number of carbonyl (C=O) groups is 3. The number of hydrogen-bond donors (Lipinski definition) is 3. The Kier molecular flexibility index (Phi) is 6.06. The van der Waals surface area contributed by atoms with Crippen LogP contribution in [0.4, 0.5) is 8.78 Å². The summed E-state index contributed by atoms with van der Waals surface area (Å²) in [6, 6.07) is 3.46. The number of rotatable bonds is 8. The summed E-state index contributed by atoms with van der Waals surface area (Å²) in [5, 5.41) is 14.0. The zero-order valence-corrected chi connectivity index (χ0v) is 13.6. The highest BCUT2D eigenvalue weighted by atomic mass is 19.1. The maximum Gasteiger partial charge on any atom is 0.303 e. The summed E-state index contributed by atoms with van der Waals surface area (Å²) < 4.78 is 27.0. The number of nitrogens with one attached hydrogen (secondary N) is 2. The van der Waals surface area contributed by atoms with Crippen LogP contribution in [0.5, 0.6) is 0 Å². The molecule has 2 amide bonds. The van der Waals surface area contributed by atoms with Gasteiger partial charge >= 0.3 is 5.97 Å². The standard InChI is InChI=1S/C17H20F2N2O4/c18-12-2-1-3-13(19)11(12)10-20-14(22)4-7-17(9-6-16(24)25)8-5-15(23)21-17/h1-3H,4-10H2,(H,20,22)(H,21,23)(H,24,25)/t17-/m1/s1. The van der Waals surface area contributed by atoms with E-state index in [1.165, 1.54) is 6.07 Å². The Morgan fingerprint density at radius 1 is 1.20 bits per heavy atom. The second-order valence-electron chi connectivity index (χ2n) is 6.20. The van der Waals surface area contributed by atoms with Gasteiger partial charge in [-0.1, -0.05) is 6.07 Å². The molecule has 136 valence electrons. The molecule has 1 aromatic rings. The fourth-order valence-corrected chi connectivity index (χ4v) is 2.95. The van der Waals surface area contributed by atoms with Gasteiger partial charge in [-0.05, 0) is 31.4 Å². The van der Waals surface area contributed by atoms with Crippen molar-refractivity contribution in [1.82, 2.24) is 10.6 Å². The minimum atomic E-state index is -0.972. The monoisotopic (exact) mass is 354 g/mol. The number of amides is 2. The number of carboxylic acid groups (broad SMARTS) is 1. The SMILES string of the molecule is O=C(O)CC[C@@]1(CCC(=O)NCc2c(F)cccc2F)CCC(=O)N1. The van der Waals surface area contributed by atoms with E-state index in [1.807, 2.05) is 0 Å². The smallest absolute Gasteiger partial charge is 0.303 e. The molecule has 3 N–H and O–H groups in total. The molecule has 1 aliphatic heterocycles. The van der Waals surface area contributed by atoms with Gasteiger partial charge in [0, 0.05) is 36.9 Å². The molecule has 0 saturated carbocycles. The van der Waals surface area contributed by atoms with Crippen molar-refractivity contribution in [3.63, 3.8) is 0 Å². The maximum atomic E-state index is 13.5. The Hall–Kier alpha value is -2.51. The van der Waals surface area contributed by atoms with Crippen molar-refractivity contribution in [1.29, 1.82) is 0 Å². The van der Waals surface area contributed by atoms with E-state index in [9.17, 15) is 23.2 Å². The molecule has 1 aliphatic rings. The number of hydrogen-bond acceptors (Lipinski definition) is 3. The van der Waals surface area contributed by atoms with Gasteiger partial charge in [0.05, 0.1) is 0 Å². The van der Waals surface area contributed by atoms with Crippen molar-refractivity contribution in [3.8, 4) is 0 Å². The van der Waals surface area contributed by atoms with Crippen LogP contribution in [0.1, 0.15) is 44.1 Å². The van der Waals surface area contributed by atoms with Gasteiger partial charge in [-0.25, -0.2) is 8.78 Å². The predicted molar refractivity (Wildman–Crippen MR) is 84.4 cm³/mol. The molecule has 0 bridgehead atoms. The molecule has 8 heteroatoms. The van der Waals surface area contributed by atoms with Crippen molar-refractivity contribution in [2.24, 2.45) is 0 Å². The van der Waals surface area contributed by atoms with Crippen LogP contribution in [0, 0.1) is 11.6 Å². The lowest BCUT2D eigenvalue weighted by Gasteiger charge is -2.28. The molecule has 1 saturated heterocycles. The molecule has 1 aromatic carbocycles. The van der Waals surface area contributed by atoms with Gasteiger partial charge in [-0.2, -0.15) is 0 Å². The van der Waals surface area contributed by atoms with Crippen molar-refractivity contribution in [2.75, 3.05) is 0 Å². The lowest BCUT2D eigenvalue weighted by Crippen LogP contribution is -2.43. The van der Waals surface area contributed by atoms with Crippen LogP contribution in [0.2, 0.25) is 0 Å². The molecular formula is C17H20F2N2O4. The first-order valence-corrected chi connectivity index (χ1v) is 8.04. The summed E-state index contributed by atoms with van der Waals surface area (Å²) in [7, 11) is 0. The number of benzene rings is 1. The van der Waals surface area contributed by atoms with Crippen LogP contribution >= 0.6 is 0 Å². The summed E-state index contributed by atoms with van der Waals surface area (Å²) in [5.41, 5.74) is -0.929. The number of aliphatic carboxylic acids is 1. The van der Waals surface area contributed by atoms with Gasteiger partial charge in [0.25, 0.3) is 0 Å². The summed E-state index contributed by atoms with van der Waals surface area (Å²) in [6.45, 7) is -0.272. The molecule has 25 heavy (non-hydrogen) atoms. The third-order valence-corrected chi connectivity index (χ3v) is 4.41. The minimum Gasteiger partial charge on any atom is -0.481 e. The first-order valence-electron chi connectivity index (χ1n) is 8.04. The first kappa shape index (κ1) is 18.8. The minimum absolute atomic E-state index is 0.0238. The largest absolute Gasteiger partial charge is 0.481 e. The molecule has 0 radical (unpaired) electrons. The third kappa shape index (κ3) is 5.23. The van der Waals surface area contributed by atoms with Crippen LogP contribution < -0.4 is 10.6 Å². The molecule has 0 aliphatic carbocycles. The number of carbonyl (C=O) groups excluding carboxylic acids is 2. The average molecular weight is 354 g/mol. The van der Waals surface area contributed by atoms with E-state index >= 15 is 0 Å². The van der Waals surface area contributed by atoms with Crippen molar-refractivity contribution < 1.29 is 28.3 Å². The van der Waals surface area contributed by atoms with E-state index in [4.69, 9.17) is 5.11 Å². The fourth-order valence-electron chi connectivity index (χ4n) is 2.95. The van der Waals surface area contributed by atoms with Gasteiger partial charge in [0.1, 0.15) is 11.6 Å². The van der Waals surface area contributed by atoms with E-state index in [0.29, 0.717) is 12.8 Å². The lowest BCUT2D eigenvalue weighted by atomic mass is 9.86. The Labute approximate surface area is 143 Å². The van der Waals surface area contributed by atoms with Crippen LogP contribution in [0.25, 0.3) is 0 Å². The summed E-state index contributed by atoms with van der Waals surface area (Å²) in [4.78, 5) is 34.2. The van der Waals surface area contributed by atoms with E-state index in [2.05, 4.69) is 10.6 Å². The molecule has 1 fully saturated rings. The highest BCUT2D eigenvalue weighted by Crippen LogP contribution is 2.30. The lowest BCUT2D eigenvalue weighted by molar-refractivity contribution is -0.137. The van der Waals surface area contributed by atoms with Gasteiger partial charge < -0.3 is 15.7 Å². The second kappa shape index (κ2) is 8.04. The summed E-state index contributed by atoms with van der Waals surface area (Å²) in [5.74, 6) is -3.03. The Morgan fingerprint density at radius 3 is 2.40 bits per heavy atom. The van der Waals surface area contributed by atoms with Crippen LogP contribution in [0.15, 0.2) is 18.2 Å². The average Bonchev–Trinajstić information content (AvgIpc) is 2.92. The molecule has 6 nitrogen and oxygen atoms in total. The maximum absolute atomic E-state index is 13.5. The third-order valence-electron chi connectivity index (χ3n) is 4.41. The molecule has 0 spiro atoms. The molecule has 2 rings (SSSR count). The van der Waals surface area contributed by atoms with E-state index in [-0.39, 0.29) is 43.7 Å². The van der Waals surface area contributed by atoms with Gasteiger partial charge in [-0.15, -0.1) is 0 Å². The van der Waals surface area contributed by atoms with Gasteiger partial charge in [0.15, 0.2) is 0 Å². The molecule has 1 heterocycles. The summed E-state index contributed by atoms with van der Waals surface area (Å²) >= 11 is 0. The van der Waals surface area contributed by atoms with E-state index in [1.54, 1.807) is 0 Å². The highest BCUT2D eigenvalue weighted by Gasteiger charge is 2.37. The summed E-state index contributed by atoms with van der Waals surface area (Å²) in [6.07, 6.45) is 1.19. The zero-order valence-electron chi connectivity index (χ0n) is 13.6. The first-order chi connectivity index (χ1) is 11.8. The van der Waals surface area contributed by atoms with Crippen molar-refractivity contribution in [3.05, 3.63) is 35.4 Å². The van der Waals surface area contributed by atoms with E-state index < -0.39 is 29.0 Å². The number of halogens is 2. The highest BCUT2D eigenvalue weighted by molar-refractivity contribution is 5.80. The molecule has 1 atom stereocenters. The van der Waals surface area contributed by atoms with Crippen LogP contribution in [-0.4, -0.2) is 28.4 Å². The molecule has 0 unspecified atom stereocenters. The van der Waals surface area contributed by atoms with Crippen molar-refractivity contribution in [2.45, 2.75) is 50.6 Å². The van der Waals surface area contributed by atoms with E-state index in [0.717, 1.165) is 12.1 Å². The van der Waals surface area contributed by atoms with Gasteiger partial charge in [0.2, 0.25) is 11.8 Å². The zero-order chi connectivity index (χ0) is 18.4. The van der Waals surface area contributed by atoms with Crippen molar-refractivity contribution >= 4 is 17.8 Å². The van der Waals surface area contributed by atoms with Crippen LogP contribution in [-0.2, 0) is 20.9 Å². The van der Waals surface area contributed by atoms with Gasteiger partial charge in [-0.3, -0.25) is 14.4 Å². The fraction of sp³-hybridized carbons (Fsp3) is 0.471.